The molecule has 0 fully saturated rings. The van der Waals surface area contributed by atoms with Gasteiger partial charge in [-0.1, -0.05) is 6.07 Å². The molecule has 0 aliphatic rings. The Balaban J connectivity index is 1.65. The normalized spacial score (nSPS) is 12.6. The molecular weight excluding hydrogens is 515 g/mol. The van der Waals surface area contributed by atoms with E-state index in [4.69, 9.17) is 4.74 Å². The molecule has 0 unspecified atom stereocenters. The summed E-state index contributed by atoms with van der Waals surface area (Å²) in [7, 11) is 0. The van der Waals surface area contributed by atoms with Crippen LogP contribution < -0.4 is 16.0 Å². The Bertz CT molecular complexity index is 1520. The van der Waals surface area contributed by atoms with Crippen LogP contribution in [0, 0.1) is 24.1 Å². The smallest absolute Gasteiger partial charge is 0.407 e. The lowest BCUT2D eigenvalue weighted by atomic mass is 10.1. The molecule has 13 heteroatoms. The van der Waals surface area contributed by atoms with Gasteiger partial charge in [0.1, 0.15) is 17.4 Å². The van der Waals surface area contributed by atoms with Gasteiger partial charge in [-0.15, -0.1) is 4.80 Å². The lowest BCUT2D eigenvalue weighted by molar-refractivity contribution is 0.0503. The van der Waals surface area contributed by atoms with E-state index in [1.807, 2.05) is 13.0 Å². The third-order valence-electron chi connectivity index (χ3n) is 5.60. The van der Waals surface area contributed by atoms with E-state index in [0.717, 1.165) is 6.07 Å². The lowest BCUT2D eigenvalue weighted by Crippen LogP contribution is -2.43. The molecule has 4 heterocycles. The predicted molar refractivity (Wildman–Crippen MR) is 146 cm³/mol. The van der Waals surface area contributed by atoms with Gasteiger partial charge in [0, 0.05) is 6.20 Å². The van der Waals surface area contributed by atoms with Crippen LogP contribution in [0.3, 0.4) is 0 Å². The number of hydrogen-bond donors (Lipinski definition) is 3. The summed E-state index contributed by atoms with van der Waals surface area (Å²) in [6.45, 7) is 8.82. The molecule has 1 amide bonds. The minimum absolute atomic E-state index is 0.0169. The second-order valence-corrected chi connectivity index (χ2v) is 9.91. The first-order valence-corrected chi connectivity index (χ1v) is 12.4. The maximum absolute atomic E-state index is 15.2. The first-order chi connectivity index (χ1) is 19.0. The number of nitrogens with zero attached hydrogens (tertiary/aromatic N) is 7. The van der Waals surface area contributed by atoms with E-state index in [1.54, 1.807) is 76.7 Å². The van der Waals surface area contributed by atoms with Crippen LogP contribution in [0.25, 0.3) is 5.69 Å². The molecule has 0 bridgehead atoms. The van der Waals surface area contributed by atoms with Gasteiger partial charge in [-0.2, -0.15) is 15.5 Å². The van der Waals surface area contributed by atoms with Gasteiger partial charge in [-0.25, -0.2) is 14.2 Å². The zero-order chi connectivity index (χ0) is 28.9. The first-order valence-electron chi connectivity index (χ1n) is 12.4. The molecular formula is C27H29FN10O2. The van der Waals surface area contributed by atoms with E-state index in [2.05, 4.69) is 41.1 Å². The molecule has 12 nitrogen and oxygen atoms in total. The number of nitrogens with one attached hydrogen (secondary N) is 3. The van der Waals surface area contributed by atoms with Gasteiger partial charge in [-0.05, 0) is 58.9 Å². The third kappa shape index (κ3) is 6.84. The van der Waals surface area contributed by atoms with E-state index < -0.39 is 29.6 Å². The Morgan fingerprint density at radius 1 is 1.12 bits per heavy atom. The molecule has 0 aromatic carbocycles. The van der Waals surface area contributed by atoms with Crippen molar-refractivity contribution in [2.45, 2.75) is 52.3 Å². The maximum Gasteiger partial charge on any atom is 0.407 e. The number of aromatic nitrogens is 6. The van der Waals surface area contributed by atoms with Gasteiger partial charge in [0.25, 0.3) is 0 Å². The number of halogens is 1. The summed E-state index contributed by atoms with van der Waals surface area (Å²) in [4.78, 5) is 27.0. The van der Waals surface area contributed by atoms with Crippen molar-refractivity contribution in [3.05, 3.63) is 77.9 Å². The molecule has 0 aliphatic heterocycles. The Kier molecular flexibility index (Phi) is 8.18. The number of amides is 1. The Labute approximate surface area is 230 Å². The number of anilines is 3. The molecule has 206 valence electrons. The van der Waals surface area contributed by atoms with Crippen molar-refractivity contribution in [3.8, 4) is 11.8 Å². The molecule has 0 saturated carbocycles. The summed E-state index contributed by atoms with van der Waals surface area (Å²) in [5.74, 6) is -0.802. The highest BCUT2D eigenvalue weighted by Crippen LogP contribution is 2.28. The van der Waals surface area contributed by atoms with Crippen LogP contribution in [-0.2, 0) is 4.74 Å². The molecule has 4 aromatic rings. The highest BCUT2D eigenvalue weighted by atomic mass is 19.1. The van der Waals surface area contributed by atoms with Crippen LogP contribution in [-0.4, -0.2) is 47.7 Å². The summed E-state index contributed by atoms with van der Waals surface area (Å²) < 4.78 is 20.6. The second kappa shape index (κ2) is 11.7. The number of ether oxygens (including phenoxy) is 1. The van der Waals surface area contributed by atoms with Crippen LogP contribution >= 0.6 is 0 Å². The number of rotatable bonds is 8. The largest absolute Gasteiger partial charge is 0.444 e. The Hall–Kier alpha value is -5.12. The fourth-order valence-electron chi connectivity index (χ4n) is 3.78. The van der Waals surface area contributed by atoms with Crippen molar-refractivity contribution >= 4 is 23.4 Å². The quantitative estimate of drug-likeness (QED) is 0.287. The Morgan fingerprint density at radius 2 is 1.88 bits per heavy atom. The molecule has 0 saturated heterocycles. The summed E-state index contributed by atoms with van der Waals surface area (Å²) in [6, 6.07) is 8.77. The van der Waals surface area contributed by atoms with Gasteiger partial charge in [-0.3, -0.25) is 9.97 Å². The zero-order valence-corrected chi connectivity index (χ0v) is 22.7. The van der Waals surface area contributed by atoms with Crippen molar-refractivity contribution in [2.24, 2.45) is 0 Å². The highest BCUT2D eigenvalue weighted by Gasteiger charge is 2.27. The molecule has 40 heavy (non-hydrogen) atoms. The van der Waals surface area contributed by atoms with E-state index in [0.29, 0.717) is 22.8 Å². The zero-order valence-electron chi connectivity index (χ0n) is 22.7. The molecule has 4 rings (SSSR count). The topological polar surface area (TPSA) is 156 Å². The van der Waals surface area contributed by atoms with Crippen LogP contribution in [0.1, 0.15) is 50.7 Å². The van der Waals surface area contributed by atoms with Crippen molar-refractivity contribution in [1.82, 2.24) is 35.3 Å². The fourth-order valence-corrected chi connectivity index (χ4v) is 3.78. The van der Waals surface area contributed by atoms with Crippen LogP contribution in [0.2, 0.25) is 0 Å². The molecule has 3 N–H and O–H groups in total. The minimum atomic E-state index is -0.754. The van der Waals surface area contributed by atoms with Crippen LogP contribution in [0.15, 0.2) is 55.1 Å². The third-order valence-corrected chi connectivity index (χ3v) is 5.60. The van der Waals surface area contributed by atoms with Crippen molar-refractivity contribution < 1.29 is 13.9 Å². The van der Waals surface area contributed by atoms with Crippen molar-refractivity contribution in [3.63, 3.8) is 0 Å². The number of pyridine rings is 3. The standard InChI is InChI=1S/C27H29FN10O2/c1-16-22(38-32-10-11-33-38)13-19(15-31-16)35-24-18(14-29)12-20(28)25(37-24)36-23(21-8-6-7-9-30-21)17(2)34-26(39)40-27(3,4)5/h6-13,15,17,23H,1-5H3,(H,34,39)(H2,35,36,37)/t17-,23-/m0/s1. The average molecular weight is 545 g/mol. The number of aryl methyl sites for hydroxylation is 1. The van der Waals surface area contributed by atoms with Gasteiger partial charge >= 0.3 is 6.09 Å². The SMILES string of the molecule is Cc1ncc(Nc2nc(N[C@H](c3ccccn3)[C@H](C)NC(=O)OC(C)(C)C)c(F)cc2C#N)cc1-n1nccn1. The van der Waals surface area contributed by atoms with E-state index >= 15 is 4.39 Å². The van der Waals surface area contributed by atoms with Gasteiger partial charge in [0.05, 0.1) is 53.3 Å². The number of alkyl carbamates (subject to hydrolysis) is 1. The summed E-state index contributed by atoms with van der Waals surface area (Å²) in [5.41, 5.74) is 1.60. The molecule has 0 radical (unpaired) electrons. The molecule has 4 aromatic heterocycles. The van der Waals surface area contributed by atoms with Gasteiger partial charge in [0.15, 0.2) is 17.5 Å². The van der Waals surface area contributed by atoms with E-state index in [-0.39, 0.29) is 17.2 Å². The molecule has 2 atom stereocenters. The van der Waals surface area contributed by atoms with Crippen molar-refractivity contribution in [1.29, 1.82) is 5.26 Å². The summed E-state index contributed by atoms with van der Waals surface area (Å²) >= 11 is 0. The monoisotopic (exact) mass is 544 g/mol. The molecule has 0 spiro atoms. The second-order valence-electron chi connectivity index (χ2n) is 9.91. The number of hydrogen-bond acceptors (Lipinski definition) is 10. The first kappa shape index (κ1) is 27.9. The number of carbonyl (C=O) groups excluding carboxylic acids is 1. The van der Waals surface area contributed by atoms with Crippen LogP contribution in [0.5, 0.6) is 0 Å². The van der Waals surface area contributed by atoms with Gasteiger partial charge < -0.3 is 20.7 Å². The van der Waals surface area contributed by atoms with E-state index in [9.17, 15) is 10.1 Å². The lowest BCUT2D eigenvalue weighted by Gasteiger charge is -2.28. The van der Waals surface area contributed by atoms with Crippen LogP contribution in [0.4, 0.5) is 26.5 Å². The highest BCUT2D eigenvalue weighted by molar-refractivity contribution is 5.69. The average Bonchev–Trinajstić information content (AvgIpc) is 3.44. The number of nitriles is 1. The van der Waals surface area contributed by atoms with Crippen molar-refractivity contribution in [2.75, 3.05) is 10.6 Å². The Morgan fingerprint density at radius 3 is 2.52 bits per heavy atom. The number of carbonyl (C=O) groups is 1. The van der Waals surface area contributed by atoms with E-state index in [1.165, 1.54) is 4.80 Å². The molecule has 0 aliphatic carbocycles. The summed E-state index contributed by atoms with van der Waals surface area (Å²) in [5, 5.41) is 26.8. The summed E-state index contributed by atoms with van der Waals surface area (Å²) in [6.07, 6.45) is 5.61. The fraction of sp³-hybridized carbons (Fsp3) is 0.296. The minimum Gasteiger partial charge on any atom is -0.444 e. The predicted octanol–water partition coefficient (Wildman–Crippen LogP) is 4.58. The van der Waals surface area contributed by atoms with Gasteiger partial charge in [0.2, 0.25) is 0 Å². The maximum atomic E-state index is 15.2.